The Labute approximate surface area is 124 Å². The summed E-state index contributed by atoms with van der Waals surface area (Å²) in [6, 6.07) is 6.02. The van der Waals surface area contributed by atoms with Crippen molar-refractivity contribution in [3.8, 4) is 0 Å². The van der Waals surface area contributed by atoms with Crippen molar-refractivity contribution in [1.82, 2.24) is 9.59 Å². The lowest BCUT2D eigenvalue weighted by molar-refractivity contribution is -0.385. The number of benzene rings is 1. The first kappa shape index (κ1) is 15.0. The number of esters is 1. The largest absolute Gasteiger partial charge is 0.454 e. The Morgan fingerprint density at radius 1 is 1.52 bits per heavy atom. The van der Waals surface area contributed by atoms with E-state index in [1.807, 2.05) is 6.92 Å². The molecular formula is C13H13N3O4S. The van der Waals surface area contributed by atoms with Crippen LogP contribution in [0.1, 0.15) is 40.9 Å². The van der Waals surface area contributed by atoms with Crippen LogP contribution in [0.4, 0.5) is 5.69 Å². The topological polar surface area (TPSA) is 95.2 Å². The van der Waals surface area contributed by atoms with E-state index >= 15 is 0 Å². The molecular weight excluding hydrogens is 294 g/mol. The molecule has 110 valence electrons. The molecule has 0 aliphatic rings. The lowest BCUT2D eigenvalue weighted by atomic mass is 10.1. The molecule has 1 atom stereocenters. The standard InChI is InChI=1S/C13H13N3O4S/c1-3-11-12(21-15-14-11)13(17)20-8(2)9-5-4-6-10(7-9)16(18)19/h4-8H,3H2,1-2H3/t8-/m0/s1. The molecule has 2 rings (SSSR count). The van der Waals surface area contributed by atoms with Crippen molar-refractivity contribution < 1.29 is 14.5 Å². The van der Waals surface area contributed by atoms with Crippen LogP contribution in [0.5, 0.6) is 0 Å². The van der Waals surface area contributed by atoms with Crippen LogP contribution in [0.3, 0.4) is 0 Å². The minimum atomic E-state index is -0.593. The van der Waals surface area contributed by atoms with Crippen molar-refractivity contribution in [2.75, 3.05) is 0 Å². The molecule has 0 saturated heterocycles. The average Bonchev–Trinajstić information content (AvgIpc) is 2.95. The number of carbonyl (C=O) groups excluding carboxylic acids is 1. The molecule has 0 radical (unpaired) electrons. The Kier molecular flexibility index (Phi) is 4.59. The second-order valence-corrected chi connectivity index (χ2v) is 5.06. The summed E-state index contributed by atoms with van der Waals surface area (Å²) in [7, 11) is 0. The van der Waals surface area contributed by atoms with E-state index in [2.05, 4.69) is 9.59 Å². The Hall–Kier alpha value is -2.35. The third-order valence-electron chi connectivity index (χ3n) is 2.91. The van der Waals surface area contributed by atoms with Crippen molar-refractivity contribution in [2.24, 2.45) is 0 Å². The Bertz CT molecular complexity index is 671. The van der Waals surface area contributed by atoms with Crippen molar-refractivity contribution in [1.29, 1.82) is 0 Å². The van der Waals surface area contributed by atoms with Crippen molar-refractivity contribution in [3.63, 3.8) is 0 Å². The minimum absolute atomic E-state index is 0.0379. The number of hydrogen-bond donors (Lipinski definition) is 0. The summed E-state index contributed by atoms with van der Waals surface area (Å²) < 4.78 is 9.06. The molecule has 8 heteroatoms. The number of aryl methyl sites for hydroxylation is 1. The first-order chi connectivity index (χ1) is 10.0. The lowest BCUT2D eigenvalue weighted by Crippen LogP contribution is -2.10. The zero-order chi connectivity index (χ0) is 15.4. The van der Waals surface area contributed by atoms with Crippen LogP contribution in [0.15, 0.2) is 24.3 Å². The van der Waals surface area contributed by atoms with Crippen LogP contribution < -0.4 is 0 Å². The molecule has 1 heterocycles. The molecule has 0 spiro atoms. The van der Waals surface area contributed by atoms with Gasteiger partial charge in [0.1, 0.15) is 6.10 Å². The maximum Gasteiger partial charge on any atom is 0.352 e. The van der Waals surface area contributed by atoms with Gasteiger partial charge in [-0.3, -0.25) is 10.1 Å². The van der Waals surface area contributed by atoms with Crippen LogP contribution in [0, 0.1) is 10.1 Å². The summed E-state index contributed by atoms with van der Waals surface area (Å²) in [6.07, 6.45) is -0.00392. The smallest absolute Gasteiger partial charge is 0.352 e. The third kappa shape index (κ3) is 3.40. The molecule has 0 unspecified atom stereocenters. The maximum atomic E-state index is 12.1. The van der Waals surface area contributed by atoms with Gasteiger partial charge >= 0.3 is 5.97 Å². The van der Waals surface area contributed by atoms with Gasteiger partial charge in [0.15, 0.2) is 4.88 Å². The highest BCUT2D eigenvalue weighted by Crippen LogP contribution is 2.24. The second-order valence-electron chi connectivity index (χ2n) is 4.30. The maximum absolute atomic E-state index is 12.1. The van der Waals surface area contributed by atoms with Gasteiger partial charge in [-0.2, -0.15) is 0 Å². The fourth-order valence-electron chi connectivity index (χ4n) is 1.77. The number of aromatic nitrogens is 2. The molecule has 1 aromatic heterocycles. The molecule has 0 bridgehead atoms. The Morgan fingerprint density at radius 3 is 2.95 bits per heavy atom. The molecule has 0 saturated carbocycles. The highest BCUT2D eigenvalue weighted by Gasteiger charge is 2.20. The van der Waals surface area contributed by atoms with Gasteiger partial charge in [-0.25, -0.2) is 4.79 Å². The number of nitro benzene ring substituents is 1. The average molecular weight is 307 g/mol. The number of non-ortho nitro benzene ring substituents is 1. The summed E-state index contributed by atoms with van der Waals surface area (Å²) in [5.41, 5.74) is 1.12. The SMILES string of the molecule is CCc1nnsc1C(=O)O[C@@H](C)c1cccc([N+](=O)[O-])c1. The van der Waals surface area contributed by atoms with Gasteiger partial charge in [-0.15, -0.1) is 5.10 Å². The van der Waals surface area contributed by atoms with Crippen LogP contribution >= 0.6 is 11.5 Å². The number of ether oxygens (including phenoxy) is 1. The molecule has 1 aromatic carbocycles. The van der Waals surface area contributed by atoms with E-state index < -0.39 is 17.0 Å². The first-order valence-corrected chi connectivity index (χ1v) is 7.06. The van der Waals surface area contributed by atoms with Gasteiger partial charge in [-0.05, 0) is 30.4 Å². The molecule has 0 aliphatic carbocycles. The van der Waals surface area contributed by atoms with E-state index in [0.29, 0.717) is 22.6 Å². The predicted molar refractivity (Wildman–Crippen MR) is 76.2 cm³/mol. The zero-order valence-corrected chi connectivity index (χ0v) is 12.3. The highest BCUT2D eigenvalue weighted by atomic mass is 32.1. The molecule has 0 aliphatic heterocycles. The van der Waals surface area contributed by atoms with Crippen LogP contribution in [0.25, 0.3) is 0 Å². The van der Waals surface area contributed by atoms with E-state index in [4.69, 9.17) is 4.74 Å². The van der Waals surface area contributed by atoms with Crippen LogP contribution in [-0.4, -0.2) is 20.5 Å². The quantitative estimate of drug-likeness (QED) is 0.479. The summed E-state index contributed by atoms with van der Waals surface area (Å²) in [6.45, 7) is 3.54. The van der Waals surface area contributed by atoms with Gasteiger partial charge in [0.05, 0.1) is 10.6 Å². The van der Waals surface area contributed by atoms with Crippen molar-refractivity contribution >= 4 is 23.2 Å². The monoisotopic (exact) mass is 307 g/mol. The minimum Gasteiger partial charge on any atom is -0.454 e. The number of rotatable bonds is 5. The van der Waals surface area contributed by atoms with Gasteiger partial charge in [-0.1, -0.05) is 23.5 Å². The van der Waals surface area contributed by atoms with E-state index in [1.165, 1.54) is 12.1 Å². The van der Waals surface area contributed by atoms with E-state index in [-0.39, 0.29) is 5.69 Å². The van der Waals surface area contributed by atoms with Gasteiger partial charge in [0.2, 0.25) is 0 Å². The molecule has 2 aromatic rings. The van der Waals surface area contributed by atoms with Crippen molar-refractivity contribution in [2.45, 2.75) is 26.4 Å². The molecule has 0 amide bonds. The Balaban J connectivity index is 2.14. The molecule has 21 heavy (non-hydrogen) atoms. The second kappa shape index (κ2) is 6.40. The number of nitro groups is 1. The lowest BCUT2D eigenvalue weighted by Gasteiger charge is -2.12. The fraction of sp³-hybridized carbons (Fsp3) is 0.308. The van der Waals surface area contributed by atoms with Gasteiger partial charge in [0.25, 0.3) is 5.69 Å². The van der Waals surface area contributed by atoms with Crippen LogP contribution in [-0.2, 0) is 11.2 Å². The molecule has 0 N–H and O–H groups in total. The summed E-state index contributed by atoms with van der Waals surface area (Å²) in [5.74, 6) is -0.513. The summed E-state index contributed by atoms with van der Waals surface area (Å²) in [5, 5.41) is 14.6. The number of nitrogens with zero attached hydrogens (tertiary/aromatic N) is 3. The normalized spacial score (nSPS) is 11.9. The van der Waals surface area contributed by atoms with E-state index in [9.17, 15) is 14.9 Å². The summed E-state index contributed by atoms with van der Waals surface area (Å²) in [4.78, 5) is 22.7. The molecule has 0 fully saturated rings. The zero-order valence-electron chi connectivity index (χ0n) is 11.5. The van der Waals surface area contributed by atoms with Crippen molar-refractivity contribution in [3.05, 3.63) is 50.5 Å². The fourth-order valence-corrected chi connectivity index (χ4v) is 2.40. The van der Waals surface area contributed by atoms with Gasteiger partial charge < -0.3 is 4.74 Å². The van der Waals surface area contributed by atoms with Crippen LogP contribution in [0.2, 0.25) is 0 Å². The molecule has 7 nitrogen and oxygen atoms in total. The number of carbonyl (C=O) groups is 1. The Morgan fingerprint density at radius 2 is 2.29 bits per heavy atom. The predicted octanol–water partition coefficient (Wildman–Crippen LogP) is 2.93. The van der Waals surface area contributed by atoms with Gasteiger partial charge in [0, 0.05) is 12.1 Å². The van der Waals surface area contributed by atoms with E-state index in [0.717, 1.165) is 11.5 Å². The number of hydrogen-bond acceptors (Lipinski definition) is 7. The summed E-state index contributed by atoms with van der Waals surface area (Å²) >= 11 is 0.984. The first-order valence-electron chi connectivity index (χ1n) is 6.29. The third-order valence-corrected chi connectivity index (χ3v) is 3.66. The van der Waals surface area contributed by atoms with E-state index in [1.54, 1.807) is 19.1 Å². The highest BCUT2D eigenvalue weighted by molar-refractivity contribution is 7.07.